The van der Waals surface area contributed by atoms with Crippen molar-refractivity contribution in [3.8, 4) is 5.69 Å². The predicted molar refractivity (Wildman–Crippen MR) is 194 cm³/mol. The lowest BCUT2D eigenvalue weighted by molar-refractivity contribution is 0.667. The number of aromatic nitrogens is 1. The van der Waals surface area contributed by atoms with E-state index in [4.69, 9.17) is 5.48 Å². The van der Waals surface area contributed by atoms with Gasteiger partial charge >= 0.3 is 0 Å². The van der Waals surface area contributed by atoms with Crippen molar-refractivity contribution in [3.63, 3.8) is 0 Å². The van der Waals surface area contributed by atoms with Gasteiger partial charge in [0.1, 0.15) is 0 Å². The number of rotatable bonds is 3. The van der Waals surface area contributed by atoms with Crippen molar-refractivity contribution in [1.29, 1.82) is 0 Å². The van der Waals surface area contributed by atoms with Crippen LogP contribution in [-0.4, -0.2) is 11.3 Å². The van der Waals surface area contributed by atoms with Gasteiger partial charge in [-0.1, -0.05) is 84.9 Å². The molecule has 10 rings (SSSR count). The highest BCUT2D eigenvalue weighted by atomic mass is 15.2. The molecule has 0 saturated heterocycles. The minimum Gasteiger partial charge on any atom is -0.313 e. The molecular formula is C42H32BN3. The van der Waals surface area contributed by atoms with Crippen molar-refractivity contribution in [2.75, 3.05) is 9.80 Å². The third-order valence-corrected chi connectivity index (χ3v) is 10.1. The van der Waals surface area contributed by atoms with Crippen LogP contribution in [0, 0.1) is 0 Å². The lowest BCUT2D eigenvalue weighted by Crippen LogP contribution is -2.61. The van der Waals surface area contributed by atoms with Gasteiger partial charge in [-0.15, -0.1) is 0 Å². The molecule has 3 heterocycles. The second kappa shape index (κ2) is 10.0. The van der Waals surface area contributed by atoms with Gasteiger partial charge < -0.3 is 14.4 Å². The Morgan fingerprint density at radius 1 is 0.543 bits per heavy atom. The smallest absolute Gasteiger partial charge is 0.252 e. The number of anilines is 6. The van der Waals surface area contributed by atoms with Crippen molar-refractivity contribution in [2.24, 2.45) is 0 Å². The van der Waals surface area contributed by atoms with Gasteiger partial charge in [0.15, 0.2) is 0 Å². The van der Waals surface area contributed by atoms with E-state index < -0.39 is 0 Å². The number of hydrogen-bond donors (Lipinski definition) is 0. The number of hydrogen-bond acceptors (Lipinski definition) is 2. The number of fused-ring (bicyclic) bond motifs is 7. The van der Waals surface area contributed by atoms with E-state index in [1.165, 1.54) is 16.4 Å². The molecular weight excluding hydrogens is 557 g/mol. The van der Waals surface area contributed by atoms with Gasteiger partial charge in [0, 0.05) is 50.9 Å². The Balaban J connectivity index is 1.28. The van der Waals surface area contributed by atoms with E-state index in [0.29, 0.717) is 10.9 Å². The third kappa shape index (κ3) is 3.61. The molecule has 0 fully saturated rings. The molecule has 0 saturated carbocycles. The summed E-state index contributed by atoms with van der Waals surface area (Å²) in [5.74, 6) is 0. The highest BCUT2D eigenvalue weighted by Gasteiger charge is 2.43. The second-order valence-corrected chi connectivity index (χ2v) is 12.5. The Hall–Kier alpha value is -5.48. The first kappa shape index (κ1) is 22.1. The van der Waals surface area contributed by atoms with E-state index >= 15 is 0 Å². The molecule has 1 aliphatic carbocycles. The van der Waals surface area contributed by atoms with Gasteiger partial charge in [-0.05, 0) is 108 Å². The molecule has 6 aromatic carbocycles. The Morgan fingerprint density at radius 2 is 1.17 bits per heavy atom. The van der Waals surface area contributed by atoms with E-state index in [9.17, 15) is 0 Å². The van der Waals surface area contributed by atoms with Crippen molar-refractivity contribution in [2.45, 2.75) is 25.7 Å². The summed E-state index contributed by atoms with van der Waals surface area (Å²) in [6.07, 6.45) is 3.69. The summed E-state index contributed by atoms with van der Waals surface area (Å²) in [5, 5.41) is 0.667. The summed E-state index contributed by atoms with van der Waals surface area (Å²) in [5.41, 5.74) is 14.1. The molecule has 3 aliphatic rings. The van der Waals surface area contributed by atoms with Crippen LogP contribution in [0.5, 0.6) is 0 Å². The normalized spacial score (nSPS) is 15.7. The molecule has 0 bridgehead atoms. The molecule has 0 unspecified atom stereocenters. The van der Waals surface area contributed by atoms with Crippen molar-refractivity contribution >= 4 is 68.1 Å². The Morgan fingerprint density at radius 3 is 1.96 bits per heavy atom. The molecule has 0 radical (unpaired) electrons. The van der Waals surface area contributed by atoms with Gasteiger partial charge in [0.25, 0.3) is 6.71 Å². The van der Waals surface area contributed by atoms with Gasteiger partial charge in [0.2, 0.25) is 0 Å². The average Bonchev–Trinajstić information content (AvgIpc) is 3.52. The van der Waals surface area contributed by atoms with Crippen LogP contribution < -0.4 is 26.2 Å². The van der Waals surface area contributed by atoms with Crippen LogP contribution in [0.15, 0.2) is 145 Å². The highest BCUT2D eigenvalue weighted by molar-refractivity contribution is 7.00. The molecule has 0 atom stereocenters. The number of nitrogens with zero attached hydrogens (tertiary/aromatic N) is 3. The number of para-hydroxylation sites is 4. The Kier molecular flexibility index (Phi) is 4.81. The number of benzene rings is 6. The van der Waals surface area contributed by atoms with Crippen LogP contribution in [0.3, 0.4) is 0 Å². The van der Waals surface area contributed by atoms with E-state index in [1.807, 2.05) is 6.07 Å². The summed E-state index contributed by atoms with van der Waals surface area (Å²) in [6, 6.07) is 42.9. The minimum absolute atomic E-state index is 0.00556. The van der Waals surface area contributed by atoms with Crippen LogP contribution in [-0.2, 0) is 12.8 Å². The standard InChI is InChI=1S/C42H32BN3/c1-3-14-29(15-4-1)44-38-23-12-9-20-34(38)43-35-27-26-31(46-36-21-10-7-18-32(36)33-19-8-11-22-37(33)46)28-41(35)45(30-16-5-2-6-17-30)40-25-13-24-39(44)42(40)43/h1-7,9-10,12-18,20-21,23-28H,8,11,19,22H2/i7D,10D,18D,21D. The summed E-state index contributed by atoms with van der Waals surface area (Å²) >= 11 is 0. The zero-order valence-corrected chi connectivity index (χ0v) is 25.3. The topological polar surface area (TPSA) is 11.4 Å². The van der Waals surface area contributed by atoms with Gasteiger partial charge in [-0.25, -0.2) is 0 Å². The molecule has 218 valence electrons. The van der Waals surface area contributed by atoms with Crippen molar-refractivity contribution in [3.05, 3.63) is 157 Å². The predicted octanol–water partition coefficient (Wildman–Crippen LogP) is 8.59. The molecule has 46 heavy (non-hydrogen) atoms. The fraction of sp³-hybridized carbons (Fsp3) is 0.0952. The van der Waals surface area contributed by atoms with E-state index in [-0.39, 0.29) is 30.9 Å². The first-order chi connectivity index (χ1) is 24.5. The molecule has 4 heteroatoms. The van der Waals surface area contributed by atoms with E-state index in [1.54, 1.807) is 0 Å². The molecule has 0 N–H and O–H groups in total. The fourth-order valence-electron chi connectivity index (χ4n) is 8.24. The summed E-state index contributed by atoms with van der Waals surface area (Å²) < 4.78 is 37.3. The minimum atomic E-state index is -0.189. The number of aryl methyl sites for hydroxylation is 1. The van der Waals surface area contributed by atoms with E-state index in [0.717, 1.165) is 76.8 Å². The van der Waals surface area contributed by atoms with Gasteiger partial charge in [-0.2, -0.15) is 0 Å². The molecule has 1 aromatic heterocycles. The van der Waals surface area contributed by atoms with Crippen LogP contribution in [0.1, 0.15) is 29.6 Å². The SMILES string of the molecule is [2H]c1c([2H])c([2H])c2c(c1[2H])c1c(n2-c2ccc3c(c2)N(c2ccccc2)c2cccc4c2B3c2ccccc2N4c2ccccc2)CCCC1. The third-order valence-electron chi connectivity index (χ3n) is 10.1. The molecule has 0 spiro atoms. The lowest BCUT2D eigenvalue weighted by atomic mass is 9.33. The molecule has 2 aliphatic heterocycles. The summed E-state index contributed by atoms with van der Waals surface area (Å²) in [4.78, 5) is 4.76. The summed E-state index contributed by atoms with van der Waals surface area (Å²) in [6.45, 7) is -0.00556. The van der Waals surface area contributed by atoms with Gasteiger partial charge in [0.05, 0.1) is 11.0 Å². The van der Waals surface area contributed by atoms with Crippen LogP contribution >= 0.6 is 0 Å². The largest absolute Gasteiger partial charge is 0.313 e. The monoisotopic (exact) mass is 593 g/mol. The lowest BCUT2D eigenvalue weighted by Gasteiger charge is -2.44. The quantitative estimate of drug-likeness (QED) is 0.190. The summed E-state index contributed by atoms with van der Waals surface area (Å²) in [7, 11) is 0. The molecule has 7 aromatic rings. The molecule has 3 nitrogen and oxygen atoms in total. The first-order valence-corrected chi connectivity index (χ1v) is 16.2. The van der Waals surface area contributed by atoms with Crippen molar-refractivity contribution < 1.29 is 5.48 Å². The Bertz CT molecular complexity index is 2510. The maximum Gasteiger partial charge on any atom is 0.252 e. The van der Waals surface area contributed by atoms with Gasteiger partial charge in [-0.3, -0.25) is 0 Å². The zero-order chi connectivity index (χ0) is 33.7. The Labute approximate surface area is 275 Å². The second-order valence-electron chi connectivity index (χ2n) is 12.5. The average molecular weight is 594 g/mol. The first-order valence-electron chi connectivity index (χ1n) is 18.2. The molecule has 0 amide bonds. The van der Waals surface area contributed by atoms with Crippen molar-refractivity contribution in [1.82, 2.24) is 4.57 Å². The van der Waals surface area contributed by atoms with E-state index in [2.05, 4.69) is 130 Å². The van der Waals surface area contributed by atoms with Crippen LogP contribution in [0.4, 0.5) is 34.1 Å². The zero-order valence-electron chi connectivity index (χ0n) is 29.3. The van der Waals surface area contributed by atoms with Crippen LogP contribution in [0.25, 0.3) is 16.6 Å². The maximum absolute atomic E-state index is 9.09. The van der Waals surface area contributed by atoms with Crippen LogP contribution in [0.2, 0.25) is 0 Å². The highest BCUT2D eigenvalue weighted by Crippen LogP contribution is 2.44. The fourth-order valence-corrected chi connectivity index (χ4v) is 8.24. The maximum atomic E-state index is 9.09.